The number of benzene rings is 1. The summed E-state index contributed by atoms with van der Waals surface area (Å²) in [6.07, 6.45) is 10.1. The summed E-state index contributed by atoms with van der Waals surface area (Å²) in [5.41, 5.74) is 5.63. The number of ketones is 1. The molecule has 1 saturated carbocycles. The van der Waals surface area contributed by atoms with Crippen LogP contribution >= 0.6 is 23.2 Å². The van der Waals surface area contributed by atoms with E-state index >= 15 is 0 Å². The molecule has 0 bridgehead atoms. The fourth-order valence-electron chi connectivity index (χ4n) is 5.90. The summed E-state index contributed by atoms with van der Waals surface area (Å²) in [7, 11) is 0. The molecule has 4 heterocycles. The smallest absolute Gasteiger partial charge is 0.166 e. The Morgan fingerprint density at radius 1 is 1.05 bits per heavy atom. The molecule has 1 atom stereocenters. The summed E-state index contributed by atoms with van der Waals surface area (Å²) in [5, 5.41) is 19.0. The summed E-state index contributed by atoms with van der Waals surface area (Å²) in [6, 6.07) is 7.62. The lowest BCUT2D eigenvalue weighted by molar-refractivity contribution is 0.0940. The molecule has 0 N–H and O–H groups in total. The van der Waals surface area contributed by atoms with Crippen LogP contribution in [0.3, 0.4) is 0 Å². The summed E-state index contributed by atoms with van der Waals surface area (Å²) in [5.74, 6) is 0.501. The first-order chi connectivity index (χ1) is 19.1. The molecule has 1 aromatic carbocycles. The number of aryl methyl sites for hydroxylation is 3. The van der Waals surface area contributed by atoms with Gasteiger partial charge in [-0.25, -0.2) is 18.9 Å². The Morgan fingerprint density at radius 3 is 2.52 bits per heavy atom. The van der Waals surface area contributed by atoms with Crippen molar-refractivity contribution in [1.82, 2.24) is 39.4 Å². The number of nitrogens with zero attached hydrogens (tertiary/aromatic N) is 8. The van der Waals surface area contributed by atoms with Gasteiger partial charge in [0.1, 0.15) is 12.2 Å². The lowest BCUT2D eigenvalue weighted by Crippen LogP contribution is -2.36. The van der Waals surface area contributed by atoms with Gasteiger partial charge in [-0.2, -0.15) is 10.2 Å². The first kappa shape index (κ1) is 25.4. The minimum atomic E-state index is -0.573. The number of Topliss-reactive ketones (excluding diaryl/α,β-unsaturated/α-hetero) is 1. The van der Waals surface area contributed by atoms with Gasteiger partial charge in [-0.05, 0) is 76.6 Å². The number of carbonyl (C=O) groups is 1. The Balaban J connectivity index is 1.29. The number of hydrogen-bond donors (Lipinski definition) is 0. The Hall–Kier alpha value is -3.56. The second-order valence-corrected chi connectivity index (χ2v) is 12.4. The number of carbonyl (C=O) groups excluding carboxylic acids is 1. The van der Waals surface area contributed by atoms with Crippen molar-refractivity contribution in [2.75, 3.05) is 0 Å². The van der Waals surface area contributed by atoms with Crippen LogP contribution in [-0.4, -0.2) is 45.2 Å². The van der Waals surface area contributed by atoms with Crippen LogP contribution < -0.4 is 0 Å². The summed E-state index contributed by atoms with van der Waals surface area (Å²) in [6.45, 7) is 6.05. The molecule has 0 aliphatic heterocycles. The maximum absolute atomic E-state index is 14.1. The van der Waals surface area contributed by atoms with Gasteiger partial charge in [-0.3, -0.25) is 4.79 Å². The molecule has 7 rings (SSSR count). The number of hydrogen-bond acceptors (Lipinski definition) is 6. The van der Waals surface area contributed by atoms with Crippen molar-refractivity contribution < 1.29 is 4.79 Å². The van der Waals surface area contributed by atoms with Crippen molar-refractivity contribution in [3.8, 4) is 5.69 Å². The Labute approximate surface area is 241 Å². The van der Waals surface area contributed by atoms with Crippen LogP contribution in [0.25, 0.3) is 11.2 Å². The highest BCUT2D eigenvalue weighted by molar-refractivity contribution is 6.40. The predicted octanol–water partition coefficient (Wildman–Crippen LogP) is 5.64. The molecule has 2 aliphatic rings. The Morgan fingerprint density at radius 2 is 1.82 bits per heavy atom. The molecule has 9 nitrogen and oxygen atoms in total. The van der Waals surface area contributed by atoms with Crippen molar-refractivity contribution in [3.05, 3.63) is 86.9 Å². The fourth-order valence-corrected chi connectivity index (χ4v) is 6.58. The third-order valence-corrected chi connectivity index (χ3v) is 9.15. The number of rotatable bonds is 6. The molecule has 0 saturated heterocycles. The zero-order chi connectivity index (χ0) is 27.8. The first-order valence-electron chi connectivity index (χ1n) is 13.5. The van der Waals surface area contributed by atoms with Gasteiger partial charge in [0.15, 0.2) is 5.78 Å². The number of halogens is 2. The van der Waals surface area contributed by atoms with Crippen molar-refractivity contribution in [2.45, 2.75) is 70.3 Å². The van der Waals surface area contributed by atoms with Gasteiger partial charge in [0.05, 0.1) is 43.7 Å². The summed E-state index contributed by atoms with van der Waals surface area (Å²) in [4.78, 5) is 18.3. The average Bonchev–Trinajstić information content (AvgIpc) is 3.29. The molecule has 2 aliphatic carbocycles. The second kappa shape index (κ2) is 8.97. The van der Waals surface area contributed by atoms with Gasteiger partial charge < -0.3 is 0 Å². The number of aromatic nitrogens is 8. The van der Waals surface area contributed by atoms with Gasteiger partial charge >= 0.3 is 0 Å². The Bertz CT molecular complexity index is 1790. The van der Waals surface area contributed by atoms with E-state index in [9.17, 15) is 4.79 Å². The summed E-state index contributed by atoms with van der Waals surface area (Å²) >= 11 is 13.4. The van der Waals surface area contributed by atoms with Gasteiger partial charge in [-0.1, -0.05) is 34.5 Å². The monoisotopic (exact) mass is 574 g/mol. The van der Waals surface area contributed by atoms with E-state index in [1.807, 2.05) is 21.6 Å². The normalized spacial score (nSPS) is 19.6. The maximum atomic E-state index is 14.1. The van der Waals surface area contributed by atoms with Gasteiger partial charge in [0.25, 0.3) is 0 Å². The minimum Gasteiger partial charge on any atom is -0.294 e. The van der Waals surface area contributed by atoms with Gasteiger partial charge in [-0.15, -0.1) is 5.10 Å². The molecule has 1 unspecified atom stereocenters. The molecule has 0 radical (unpaired) electrons. The molecule has 40 heavy (non-hydrogen) atoms. The fraction of sp³-hybridized carbons (Fsp3) is 0.379. The Kier molecular flexibility index (Phi) is 5.70. The van der Waals surface area contributed by atoms with Crippen LogP contribution in [0.5, 0.6) is 0 Å². The van der Waals surface area contributed by atoms with Crippen molar-refractivity contribution >= 4 is 34.5 Å². The van der Waals surface area contributed by atoms with E-state index in [4.69, 9.17) is 28.3 Å². The van der Waals surface area contributed by atoms with Crippen molar-refractivity contribution in [3.63, 3.8) is 0 Å². The SMILES string of the molecule is Cc1ccc2c3c(nn2c1)CCC(CC(=O)c1c(Cl)cc(-n2cnc(C)n2)cc1Cl)(c1cn(C2(C)CC2)nn1)C3. The highest BCUT2D eigenvalue weighted by atomic mass is 35.5. The van der Waals surface area contributed by atoms with Gasteiger partial charge in [0.2, 0.25) is 0 Å². The zero-order valence-corrected chi connectivity index (χ0v) is 24.0. The molecule has 1 fully saturated rings. The number of fused-ring (bicyclic) bond motifs is 3. The topological polar surface area (TPSA) is 95.8 Å². The summed E-state index contributed by atoms with van der Waals surface area (Å²) < 4.78 is 5.52. The van der Waals surface area contributed by atoms with E-state index < -0.39 is 5.41 Å². The first-order valence-corrected chi connectivity index (χ1v) is 14.2. The van der Waals surface area contributed by atoms with E-state index in [1.165, 1.54) is 0 Å². The molecular formula is C29H28Cl2N8O. The van der Waals surface area contributed by atoms with E-state index in [0.29, 0.717) is 23.5 Å². The molecular weight excluding hydrogens is 547 g/mol. The van der Waals surface area contributed by atoms with E-state index in [2.05, 4.69) is 46.4 Å². The quantitative estimate of drug-likeness (QED) is 0.243. The molecule has 204 valence electrons. The van der Waals surface area contributed by atoms with E-state index in [1.54, 1.807) is 30.1 Å². The lowest BCUT2D eigenvalue weighted by Gasteiger charge is -2.35. The minimum absolute atomic E-state index is 0.000370. The van der Waals surface area contributed by atoms with Crippen LogP contribution in [0.1, 0.15) is 71.3 Å². The molecule has 0 amide bonds. The number of pyridine rings is 1. The van der Waals surface area contributed by atoms with Crippen LogP contribution in [0.4, 0.5) is 0 Å². The van der Waals surface area contributed by atoms with Crippen LogP contribution in [0, 0.1) is 13.8 Å². The average molecular weight is 576 g/mol. The highest BCUT2D eigenvalue weighted by Crippen LogP contribution is 2.46. The second-order valence-electron chi connectivity index (χ2n) is 11.6. The molecule has 5 aromatic rings. The van der Waals surface area contributed by atoms with Crippen LogP contribution in [0.15, 0.2) is 43.0 Å². The zero-order valence-electron chi connectivity index (χ0n) is 22.5. The van der Waals surface area contributed by atoms with Crippen molar-refractivity contribution in [2.24, 2.45) is 0 Å². The molecule has 4 aromatic heterocycles. The van der Waals surface area contributed by atoms with E-state index in [0.717, 1.165) is 53.7 Å². The lowest BCUT2D eigenvalue weighted by atomic mass is 9.67. The largest absolute Gasteiger partial charge is 0.294 e. The highest BCUT2D eigenvalue weighted by Gasteiger charge is 2.45. The van der Waals surface area contributed by atoms with Gasteiger partial charge in [0, 0.05) is 29.8 Å². The third-order valence-electron chi connectivity index (χ3n) is 8.56. The molecule has 0 spiro atoms. The molecule has 11 heteroatoms. The van der Waals surface area contributed by atoms with E-state index in [-0.39, 0.29) is 27.8 Å². The third kappa shape index (κ3) is 4.14. The maximum Gasteiger partial charge on any atom is 0.166 e. The van der Waals surface area contributed by atoms with Crippen LogP contribution in [-0.2, 0) is 23.8 Å². The van der Waals surface area contributed by atoms with Crippen molar-refractivity contribution in [1.29, 1.82) is 0 Å². The predicted molar refractivity (Wildman–Crippen MR) is 152 cm³/mol. The van der Waals surface area contributed by atoms with Crippen LogP contribution in [0.2, 0.25) is 10.0 Å². The standard InChI is InChI=1S/C29H28Cl2N8O/c1-17-4-5-24-20-12-29(7-6-23(20)35-37(24)14-17,26-15-39(36-33-26)28(3)8-9-28)13-25(40)27-21(30)10-19(11-22(27)31)38-16-32-18(2)34-38/h4-5,10-11,14-16H,6-9,12-13H2,1-3H3.